The van der Waals surface area contributed by atoms with E-state index in [9.17, 15) is 0 Å². The minimum Gasteiger partial charge on any atom is -0.374 e. The van der Waals surface area contributed by atoms with Crippen molar-refractivity contribution in [2.45, 2.75) is 86.8 Å². The van der Waals surface area contributed by atoms with Gasteiger partial charge in [0.05, 0.1) is 12.2 Å². The molecule has 2 saturated carbocycles. The van der Waals surface area contributed by atoms with Crippen LogP contribution in [-0.2, 0) is 4.74 Å². The summed E-state index contributed by atoms with van der Waals surface area (Å²) in [4.78, 5) is 0. The summed E-state index contributed by atoms with van der Waals surface area (Å²) in [6.07, 6.45) is 16.4. The Morgan fingerprint density at radius 3 is 2.00 bits per heavy atom. The van der Waals surface area contributed by atoms with E-state index in [1.54, 1.807) is 0 Å². The van der Waals surface area contributed by atoms with Gasteiger partial charge in [0.2, 0.25) is 0 Å². The van der Waals surface area contributed by atoms with Crippen molar-refractivity contribution in [1.29, 1.82) is 0 Å². The molecule has 0 aromatic carbocycles. The molecule has 2 fully saturated rings. The second-order valence-electron chi connectivity index (χ2n) is 5.44. The van der Waals surface area contributed by atoms with Gasteiger partial charge in [-0.1, -0.05) is 67.5 Å². The van der Waals surface area contributed by atoms with Crippen LogP contribution in [0, 0.1) is 0 Å². The zero-order valence-corrected chi connectivity index (χ0v) is 12.5. The average Bonchev–Trinajstić information content (AvgIpc) is 2.30. The van der Waals surface area contributed by atoms with E-state index in [1.165, 1.54) is 70.6 Å². The Hall–Kier alpha value is 0.690. The molecular weight excluding hydrogens is 311 g/mol. The van der Waals surface area contributed by atoms with Crippen molar-refractivity contribution in [3.63, 3.8) is 0 Å². The lowest BCUT2D eigenvalue weighted by molar-refractivity contribution is -0.0351. The Morgan fingerprint density at radius 1 is 0.688 bits per heavy atom. The Morgan fingerprint density at radius 2 is 1.25 bits per heavy atom. The molecule has 1 nitrogen and oxygen atoms in total. The second kappa shape index (κ2) is 7.20. The lowest BCUT2D eigenvalue weighted by Crippen LogP contribution is -2.31. The van der Waals surface area contributed by atoms with Gasteiger partial charge in [-0.2, -0.15) is 0 Å². The summed E-state index contributed by atoms with van der Waals surface area (Å²) in [5.41, 5.74) is 0. The fourth-order valence-electron chi connectivity index (χ4n) is 3.01. The molecule has 0 aliphatic heterocycles. The summed E-state index contributed by atoms with van der Waals surface area (Å²) >= 11 is 2.63. The van der Waals surface area contributed by atoms with Crippen LogP contribution in [0.3, 0.4) is 0 Å². The molecule has 2 heteroatoms. The van der Waals surface area contributed by atoms with Crippen molar-refractivity contribution in [3.8, 4) is 0 Å². The predicted molar refractivity (Wildman–Crippen MR) is 77.3 cm³/mol. The van der Waals surface area contributed by atoms with Crippen LogP contribution < -0.4 is 0 Å². The summed E-state index contributed by atoms with van der Waals surface area (Å²) in [6, 6.07) is 0. The quantitative estimate of drug-likeness (QED) is 0.517. The zero-order chi connectivity index (χ0) is 11.2. The van der Waals surface area contributed by atoms with E-state index in [0.717, 1.165) is 3.92 Å². The molecule has 94 valence electrons. The fraction of sp³-hybridized carbons (Fsp3) is 1.00. The Kier molecular flexibility index (Phi) is 5.91. The second-order valence-corrected chi connectivity index (χ2v) is 7.04. The van der Waals surface area contributed by atoms with Gasteiger partial charge < -0.3 is 4.74 Å². The summed E-state index contributed by atoms with van der Waals surface area (Å²) in [7, 11) is 0. The zero-order valence-electron chi connectivity index (χ0n) is 10.3. The van der Waals surface area contributed by atoms with Gasteiger partial charge in [0.1, 0.15) is 0 Å². The number of hydrogen-bond donors (Lipinski definition) is 0. The third-order valence-corrected chi connectivity index (χ3v) is 5.47. The number of rotatable bonds is 2. The minimum absolute atomic E-state index is 0.559. The van der Waals surface area contributed by atoms with Crippen molar-refractivity contribution < 1.29 is 4.74 Å². The first kappa shape index (κ1) is 13.1. The highest BCUT2D eigenvalue weighted by molar-refractivity contribution is 14.1. The number of hydrogen-bond acceptors (Lipinski definition) is 1. The van der Waals surface area contributed by atoms with E-state index in [2.05, 4.69) is 22.6 Å². The Bertz CT molecular complexity index is 189. The largest absolute Gasteiger partial charge is 0.374 e. The van der Waals surface area contributed by atoms with Crippen molar-refractivity contribution in [2.24, 2.45) is 0 Å². The van der Waals surface area contributed by atoms with Gasteiger partial charge in [-0.15, -0.1) is 0 Å². The standard InChI is InChI=1S/C14H25IO/c15-13-10-6-1-2-7-11-14(13)16-12-8-4-3-5-9-12/h12-14H,1-11H2. The highest BCUT2D eigenvalue weighted by Crippen LogP contribution is 2.29. The van der Waals surface area contributed by atoms with Crippen LogP contribution in [0.2, 0.25) is 0 Å². The third-order valence-electron chi connectivity index (χ3n) is 4.04. The van der Waals surface area contributed by atoms with Crippen molar-refractivity contribution in [1.82, 2.24) is 0 Å². The Labute approximate surface area is 114 Å². The van der Waals surface area contributed by atoms with Crippen LogP contribution in [0.15, 0.2) is 0 Å². The lowest BCUT2D eigenvalue weighted by atomic mass is 9.95. The fourth-order valence-corrected chi connectivity index (χ4v) is 3.98. The van der Waals surface area contributed by atoms with E-state index in [4.69, 9.17) is 4.74 Å². The van der Waals surface area contributed by atoms with Crippen LogP contribution in [0.5, 0.6) is 0 Å². The third kappa shape index (κ3) is 4.17. The molecule has 0 spiro atoms. The molecule has 0 heterocycles. The molecule has 2 rings (SSSR count). The first-order valence-electron chi connectivity index (χ1n) is 7.16. The molecule has 0 aromatic heterocycles. The smallest absolute Gasteiger partial charge is 0.0696 e. The van der Waals surface area contributed by atoms with Crippen LogP contribution in [0.4, 0.5) is 0 Å². The van der Waals surface area contributed by atoms with E-state index in [1.807, 2.05) is 0 Å². The predicted octanol–water partition coefficient (Wildman–Crippen LogP) is 4.86. The molecule has 16 heavy (non-hydrogen) atoms. The summed E-state index contributed by atoms with van der Waals surface area (Å²) in [5, 5.41) is 0. The molecule has 0 aromatic rings. The normalized spacial score (nSPS) is 34.3. The molecule has 2 atom stereocenters. The number of halogens is 1. The van der Waals surface area contributed by atoms with Gasteiger partial charge in [-0.25, -0.2) is 0 Å². The molecule has 0 radical (unpaired) electrons. The van der Waals surface area contributed by atoms with Crippen molar-refractivity contribution in [2.75, 3.05) is 0 Å². The van der Waals surface area contributed by atoms with E-state index < -0.39 is 0 Å². The SMILES string of the molecule is IC1CCCCCCC1OC1CCCCC1. The lowest BCUT2D eigenvalue weighted by Gasteiger charge is -2.31. The van der Waals surface area contributed by atoms with Gasteiger partial charge in [0.25, 0.3) is 0 Å². The Balaban J connectivity index is 1.79. The van der Waals surface area contributed by atoms with Crippen LogP contribution in [0.25, 0.3) is 0 Å². The van der Waals surface area contributed by atoms with Gasteiger partial charge in [0.15, 0.2) is 0 Å². The molecule has 2 aliphatic rings. The molecule has 0 bridgehead atoms. The molecule has 0 amide bonds. The molecule has 2 aliphatic carbocycles. The maximum absolute atomic E-state index is 6.37. The highest BCUT2D eigenvalue weighted by atomic mass is 127. The molecule has 0 N–H and O–H groups in total. The first-order chi connectivity index (χ1) is 7.86. The minimum atomic E-state index is 0.559. The average molecular weight is 336 g/mol. The van der Waals surface area contributed by atoms with Gasteiger partial charge in [0, 0.05) is 3.92 Å². The first-order valence-corrected chi connectivity index (χ1v) is 8.40. The molecular formula is C14H25IO. The van der Waals surface area contributed by atoms with Crippen molar-refractivity contribution in [3.05, 3.63) is 0 Å². The molecule has 0 saturated heterocycles. The molecule has 2 unspecified atom stereocenters. The van der Waals surface area contributed by atoms with Crippen LogP contribution in [-0.4, -0.2) is 16.1 Å². The summed E-state index contributed by atoms with van der Waals surface area (Å²) in [5.74, 6) is 0. The van der Waals surface area contributed by atoms with Crippen LogP contribution >= 0.6 is 22.6 Å². The summed E-state index contributed by atoms with van der Waals surface area (Å²) < 4.78 is 7.14. The highest BCUT2D eigenvalue weighted by Gasteiger charge is 2.25. The van der Waals surface area contributed by atoms with E-state index in [0.29, 0.717) is 12.2 Å². The number of ether oxygens (including phenoxy) is 1. The van der Waals surface area contributed by atoms with E-state index >= 15 is 0 Å². The van der Waals surface area contributed by atoms with Gasteiger partial charge in [-0.05, 0) is 25.7 Å². The maximum atomic E-state index is 6.37. The van der Waals surface area contributed by atoms with E-state index in [-0.39, 0.29) is 0 Å². The van der Waals surface area contributed by atoms with Gasteiger partial charge in [-0.3, -0.25) is 0 Å². The maximum Gasteiger partial charge on any atom is 0.0696 e. The summed E-state index contributed by atoms with van der Waals surface area (Å²) in [6.45, 7) is 0. The van der Waals surface area contributed by atoms with Crippen LogP contribution in [0.1, 0.15) is 70.6 Å². The number of alkyl halides is 1. The monoisotopic (exact) mass is 336 g/mol. The van der Waals surface area contributed by atoms with Gasteiger partial charge >= 0.3 is 0 Å². The van der Waals surface area contributed by atoms with Crippen molar-refractivity contribution >= 4 is 22.6 Å². The topological polar surface area (TPSA) is 9.23 Å².